The summed E-state index contributed by atoms with van der Waals surface area (Å²) in [6.07, 6.45) is -3.72. The number of nitrogens with one attached hydrogen (secondary N) is 1. The lowest BCUT2D eigenvalue weighted by Crippen LogP contribution is -2.48. The number of benzene rings is 1. The Kier molecular flexibility index (Phi) is 5.11. The maximum atomic E-state index is 13.2. The summed E-state index contributed by atoms with van der Waals surface area (Å²) in [4.78, 5) is 16.1. The van der Waals surface area contributed by atoms with Crippen molar-refractivity contribution in [3.05, 3.63) is 59.8 Å². The Morgan fingerprint density at radius 3 is 2.45 bits per heavy atom. The number of nitrogens with zero attached hydrogens (tertiary/aromatic N) is 3. The second-order valence-corrected chi connectivity index (χ2v) is 8.33. The van der Waals surface area contributed by atoms with Crippen LogP contribution in [0.15, 0.2) is 58.8 Å². The van der Waals surface area contributed by atoms with Gasteiger partial charge in [-0.3, -0.25) is 0 Å². The van der Waals surface area contributed by atoms with E-state index in [-0.39, 0.29) is 0 Å². The van der Waals surface area contributed by atoms with Crippen LogP contribution in [0.3, 0.4) is 0 Å². The molecule has 1 unspecified atom stereocenters. The number of hydrazone groups is 1. The van der Waals surface area contributed by atoms with Crippen LogP contribution in [0.1, 0.15) is 31.4 Å². The second kappa shape index (κ2) is 7.14. The number of rotatable bonds is 3. The van der Waals surface area contributed by atoms with Gasteiger partial charge in [-0.05, 0) is 31.5 Å². The normalized spacial score (nSPS) is 19.8. The van der Waals surface area contributed by atoms with E-state index in [0.29, 0.717) is 23.8 Å². The molecule has 29 heavy (non-hydrogen) atoms. The molecule has 2 amide bonds. The highest BCUT2D eigenvalue weighted by Crippen LogP contribution is 2.38. The van der Waals surface area contributed by atoms with Gasteiger partial charge in [0.2, 0.25) is 0 Å². The molecule has 0 radical (unpaired) electrons. The summed E-state index contributed by atoms with van der Waals surface area (Å²) in [5.41, 5.74) is -1.20. The first kappa shape index (κ1) is 20.8. The number of alkyl halides is 3. The van der Waals surface area contributed by atoms with Gasteiger partial charge in [0.25, 0.3) is 10.0 Å². The first-order valence-corrected chi connectivity index (χ1v) is 9.92. The summed E-state index contributed by atoms with van der Waals surface area (Å²) in [7, 11) is -4.90. The van der Waals surface area contributed by atoms with Gasteiger partial charge in [-0.25, -0.2) is 19.5 Å². The van der Waals surface area contributed by atoms with Crippen LogP contribution in [0.25, 0.3) is 0 Å². The lowest BCUT2D eigenvalue weighted by molar-refractivity contribution is -0.140. The molecule has 1 aliphatic heterocycles. The number of hydrogen-bond acceptors (Lipinski definition) is 5. The number of halogens is 3. The summed E-state index contributed by atoms with van der Waals surface area (Å²) >= 11 is 0. The molecule has 1 aromatic heterocycles. The molecule has 7 nitrogen and oxygen atoms in total. The number of aromatic nitrogens is 1. The van der Waals surface area contributed by atoms with Gasteiger partial charge in [-0.15, -0.1) is 0 Å². The zero-order valence-corrected chi connectivity index (χ0v) is 16.3. The van der Waals surface area contributed by atoms with Gasteiger partial charge >= 0.3 is 12.2 Å². The van der Waals surface area contributed by atoms with Gasteiger partial charge in [0.1, 0.15) is 0 Å². The Hall–Kier alpha value is -2.95. The zero-order chi connectivity index (χ0) is 21.4. The third-order valence-electron chi connectivity index (χ3n) is 4.48. The van der Waals surface area contributed by atoms with Crippen molar-refractivity contribution in [2.45, 2.75) is 37.0 Å². The fraction of sp³-hybridized carbons (Fsp3) is 0.278. The topological polar surface area (TPSA) is 91.7 Å². The Labute approximate surface area is 165 Å². The lowest BCUT2D eigenvalue weighted by Gasteiger charge is -2.33. The van der Waals surface area contributed by atoms with Crippen molar-refractivity contribution in [2.75, 3.05) is 0 Å². The average molecular weight is 426 g/mol. The van der Waals surface area contributed by atoms with Gasteiger partial charge in [0.05, 0.1) is 11.1 Å². The van der Waals surface area contributed by atoms with Crippen LogP contribution >= 0.6 is 0 Å². The Balaban J connectivity index is 1.95. The molecule has 0 aliphatic carbocycles. The third kappa shape index (κ3) is 3.95. The molecule has 0 saturated heterocycles. The van der Waals surface area contributed by atoms with E-state index in [9.17, 15) is 26.4 Å². The molecule has 0 fully saturated rings. The molecule has 2 heterocycles. The molecule has 0 saturated carbocycles. The van der Waals surface area contributed by atoms with Crippen LogP contribution in [-0.2, 0) is 21.7 Å². The van der Waals surface area contributed by atoms with Crippen molar-refractivity contribution < 1.29 is 26.4 Å². The van der Waals surface area contributed by atoms with E-state index >= 15 is 0 Å². The Morgan fingerprint density at radius 1 is 1.17 bits per heavy atom. The standard InChI is InChI=1S/C18H17F3N4O3S/c1-12-11-17(2,13-7-4-3-5-8-13)25(23-12)16(26)24-29(27,28)15-14(18(19,20)21)9-6-10-22-15/h3-10H,11H2,1-2H3,(H,24,26). The zero-order valence-electron chi connectivity index (χ0n) is 15.4. The summed E-state index contributed by atoms with van der Waals surface area (Å²) in [6, 6.07) is 9.17. The van der Waals surface area contributed by atoms with Gasteiger partial charge in [-0.1, -0.05) is 30.3 Å². The number of urea groups is 1. The van der Waals surface area contributed by atoms with Gasteiger partial charge < -0.3 is 0 Å². The van der Waals surface area contributed by atoms with Crippen LogP contribution in [0.2, 0.25) is 0 Å². The third-order valence-corrected chi connectivity index (χ3v) is 5.76. The number of amides is 2. The van der Waals surface area contributed by atoms with Crippen molar-refractivity contribution in [3.8, 4) is 0 Å². The minimum atomic E-state index is -4.96. The van der Waals surface area contributed by atoms with E-state index in [4.69, 9.17) is 0 Å². The van der Waals surface area contributed by atoms with Crippen LogP contribution < -0.4 is 4.72 Å². The molecule has 1 aliphatic rings. The number of pyridine rings is 1. The van der Waals surface area contributed by atoms with E-state index in [2.05, 4.69) is 10.1 Å². The molecule has 2 aromatic rings. The van der Waals surface area contributed by atoms with Crippen molar-refractivity contribution in [1.29, 1.82) is 0 Å². The maximum Gasteiger partial charge on any atom is 0.419 e. The van der Waals surface area contributed by atoms with Crippen LogP contribution in [-0.4, -0.2) is 30.2 Å². The Morgan fingerprint density at radius 2 is 1.83 bits per heavy atom. The number of hydrogen-bond donors (Lipinski definition) is 1. The van der Waals surface area contributed by atoms with Crippen molar-refractivity contribution in [2.24, 2.45) is 5.10 Å². The summed E-state index contributed by atoms with van der Waals surface area (Å²) in [5, 5.41) is 3.76. The first-order valence-electron chi connectivity index (χ1n) is 8.44. The SMILES string of the molecule is CC1=NN(C(=O)NS(=O)(=O)c2ncccc2C(F)(F)F)C(C)(c2ccccc2)C1. The van der Waals surface area contributed by atoms with Crippen molar-refractivity contribution >= 4 is 21.8 Å². The molecule has 154 valence electrons. The van der Waals surface area contributed by atoms with Crippen molar-refractivity contribution in [3.63, 3.8) is 0 Å². The first-order chi connectivity index (χ1) is 13.4. The number of sulfonamides is 1. The molecule has 1 N–H and O–H groups in total. The molecule has 0 spiro atoms. The number of carbonyl (C=O) groups is 1. The summed E-state index contributed by atoms with van der Waals surface area (Å²) < 4.78 is 66.2. The average Bonchev–Trinajstić information content (AvgIpc) is 2.97. The monoisotopic (exact) mass is 426 g/mol. The lowest BCUT2D eigenvalue weighted by atomic mass is 9.88. The van der Waals surface area contributed by atoms with Gasteiger partial charge in [0, 0.05) is 18.3 Å². The molecular weight excluding hydrogens is 409 g/mol. The number of carbonyl (C=O) groups excluding carboxylic acids is 1. The highest BCUT2D eigenvalue weighted by Gasteiger charge is 2.44. The second-order valence-electron chi connectivity index (χ2n) is 6.73. The largest absolute Gasteiger partial charge is 0.419 e. The minimum Gasteiger partial charge on any atom is -0.245 e. The van der Waals surface area contributed by atoms with E-state index in [0.717, 1.165) is 17.3 Å². The fourth-order valence-corrected chi connectivity index (χ4v) is 4.29. The summed E-state index contributed by atoms with van der Waals surface area (Å²) in [5.74, 6) is 0. The van der Waals surface area contributed by atoms with E-state index in [1.54, 1.807) is 48.9 Å². The van der Waals surface area contributed by atoms with Crippen molar-refractivity contribution in [1.82, 2.24) is 14.7 Å². The highest BCUT2D eigenvalue weighted by atomic mass is 32.2. The highest BCUT2D eigenvalue weighted by molar-refractivity contribution is 7.90. The predicted octanol–water partition coefficient (Wildman–Crippen LogP) is 3.50. The van der Waals surface area contributed by atoms with Crippen LogP contribution in [0.4, 0.5) is 18.0 Å². The Bertz CT molecular complexity index is 1070. The minimum absolute atomic E-state index is 0.335. The molecule has 11 heteroatoms. The molecule has 1 aromatic carbocycles. The fourth-order valence-electron chi connectivity index (χ4n) is 3.21. The van der Waals surface area contributed by atoms with E-state index < -0.39 is 38.4 Å². The van der Waals surface area contributed by atoms with E-state index in [1.165, 1.54) is 0 Å². The smallest absolute Gasteiger partial charge is 0.245 e. The van der Waals surface area contributed by atoms with Crippen LogP contribution in [0.5, 0.6) is 0 Å². The summed E-state index contributed by atoms with van der Waals surface area (Å²) in [6.45, 7) is 3.36. The van der Waals surface area contributed by atoms with Crippen LogP contribution in [0, 0.1) is 0 Å². The predicted molar refractivity (Wildman–Crippen MR) is 98.3 cm³/mol. The van der Waals surface area contributed by atoms with Gasteiger partial charge in [-0.2, -0.15) is 26.7 Å². The molecule has 0 bridgehead atoms. The molecule has 1 atom stereocenters. The molecular formula is C18H17F3N4O3S. The van der Waals surface area contributed by atoms with Gasteiger partial charge in [0.15, 0.2) is 5.03 Å². The van der Waals surface area contributed by atoms with E-state index in [1.807, 2.05) is 0 Å². The maximum absolute atomic E-state index is 13.2. The quantitative estimate of drug-likeness (QED) is 0.813. The molecule has 3 rings (SSSR count).